The number of benzene rings is 1. The van der Waals surface area contributed by atoms with Crippen molar-refractivity contribution in [2.75, 3.05) is 13.2 Å². The van der Waals surface area contributed by atoms with Gasteiger partial charge in [-0.25, -0.2) is 0 Å². The first-order valence-corrected chi connectivity index (χ1v) is 6.03. The molecule has 1 aromatic carbocycles. The maximum absolute atomic E-state index is 9.81. The molecule has 0 amide bonds. The zero-order valence-corrected chi connectivity index (χ0v) is 10.3. The lowest BCUT2D eigenvalue weighted by Crippen LogP contribution is -2.14. The minimum Gasteiger partial charge on any atom is -0.393 e. The maximum atomic E-state index is 9.81. The van der Waals surface area contributed by atoms with E-state index in [9.17, 15) is 5.11 Å². The first-order valence-electron chi connectivity index (χ1n) is 6.03. The van der Waals surface area contributed by atoms with Crippen molar-refractivity contribution < 1.29 is 9.84 Å². The van der Waals surface area contributed by atoms with Crippen molar-refractivity contribution >= 4 is 0 Å². The van der Waals surface area contributed by atoms with Gasteiger partial charge in [0.25, 0.3) is 0 Å². The summed E-state index contributed by atoms with van der Waals surface area (Å²) in [6.07, 6.45) is 2.18. The van der Waals surface area contributed by atoms with Crippen LogP contribution in [0.2, 0.25) is 0 Å². The second kappa shape index (κ2) is 7.42. The van der Waals surface area contributed by atoms with Gasteiger partial charge in [-0.05, 0) is 31.7 Å². The van der Waals surface area contributed by atoms with E-state index >= 15 is 0 Å². The summed E-state index contributed by atoms with van der Waals surface area (Å²) < 4.78 is 5.35. The fraction of sp³-hybridized carbons (Fsp3) is 0.571. The van der Waals surface area contributed by atoms with Crippen LogP contribution in [0.3, 0.4) is 0 Å². The lowest BCUT2D eigenvalue weighted by atomic mass is 10.0. The molecular weight excluding hydrogens is 200 g/mol. The van der Waals surface area contributed by atoms with Crippen LogP contribution in [-0.2, 0) is 11.2 Å². The van der Waals surface area contributed by atoms with Crippen LogP contribution in [-0.4, -0.2) is 24.4 Å². The Kier molecular flexibility index (Phi) is 6.12. The molecule has 0 aliphatic rings. The second-order valence-electron chi connectivity index (χ2n) is 4.25. The van der Waals surface area contributed by atoms with E-state index in [0.717, 1.165) is 19.4 Å². The molecule has 0 heterocycles. The molecule has 0 saturated heterocycles. The first kappa shape index (κ1) is 13.2. The molecule has 0 saturated carbocycles. The Morgan fingerprint density at radius 2 is 2.12 bits per heavy atom. The third kappa shape index (κ3) is 5.29. The van der Waals surface area contributed by atoms with Crippen LogP contribution in [0.15, 0.2) is 24.3 Å². The predicted octanol–water partition coefficient (Wildman–Crippen LogP) is 2.72. The molecule has 1 aromatic rings. The third-order valence-electron chi connectivity index (χ3n) is 2.50. The number of ether oxygens (including phenoxy) is 1. The van der Waals surface area contributed by atoms with Gasteiger partial charge in [0.15, 0.2) is 0 Å². The van der Waals surface area contributed by atoms with Crippen molar-refractivity contribution in [3.05, 3.63) is 35.4 Å². The number of hydrogen-bond donors (Lipinski definition) is 1. The minimum atomic E-state index is -0.293. The topological polar surface area (TPSA) is 29.5 Å². The van der Waals surface area contributed by atoms with Crippen molar-refractivity contribution in [3.63, 3.8) is 0 Å². The van der Waals surface area contributed by atoms with Gasteiger partial charge in [-0.2, -0.15) is 0 Å². The van der Waals surface area contributed by atoms with Gasteiger partial charge in [-0.1, -0.05) is 36.8 Å². The lowest BCUT2D eigenvalue weighted by molar-refractivity contribution is 0.0824. The Morgan fingerprint density at radius 1 is 1.31 bits per heavy atom. The summed E-state index contributed by atoms with van der Waals surface area (Å²) in [5.41, 5.74) is 2.44. The summed E-state index contributed by atoms with van der Waals surface area (Å²) in [7, 11) is 0. The van der Waals surface area contributed by atoms with Gasteiger partial charge in [0.1, 0.15) is 0 Å². The Balaban J connectivity index is 2.25. The van der Waals surface area contributed by atoms with Crippen molar-refractivity contribution in [3.8, 4) is 0 Å². The highest BCUT2D eigenvalue weighted by molar-refractivity contribution is 5.22. The van der Waals surface area contributed by atoms with Crippen LogP contribution < -0.4 is 0 Å². The molecule has 16 heavy (non-hydrogen) atoms. The highest BCUT2D eigenvalue weighted by Gasteiger charge is 2.05. The molecule has 2 heteroatoms. The quantitative estimate of drug-likeness (QED) is 0.719. The maximum Gasteiger partial charge on any atom is 0.0602 e. The summed E-state index contributed by atoms with van der Waals surface area (Å²) in [6.45, 7) is 5.60. The average Bonchev–Trinajstić information content (AvgIpc) is 2.24. The number of hydrogen-bond acceptors (Lipinski definition) is 2. The summed E-state index contributed by atoms with van der Waals surface area (Å²) >= 11 is 0. The Labute approximate surface area is 98.3 Å². The number of aliphatic hydroxyl groups is 1. The van der Waals surface area contributed by atoms with Gasteiger partial charge >= 0.3 is 0 Å². The molecule has 2 nitrogen and oxygen atoms in total. The second-order valence-corrected chi connectivity index (χ2v) is 4.25. The molecule has 0 aromatic heterocycles. The van der Waals surface area contributed by atoms with E-state index in [0.29, 0.717) is 13.0 Å². The molecule has 0 bridgehead atoms. The molecule has 90 valence electrons. The van der Waals surface area contributed by atoms with Crippen molar-refractivity contribution in [1.29, 1.82) is 0 Å². The minimum absolute atomic E-state index is 0.293. The average molecular weight is 222 g/mol. The van der Waals surface area contributed by atoms with Crippen molar-refractivity contribution in [2.24, 2.45) is 0 Å². The Bertz CT molecular complexity index is 297. The zero-order valence-electron chi connectivity index (χ0n) is 10.3. The summed E-state index contributed by atoms with van der Waals surface area (Å²) in [5.74, 6) is 0. The predicted molar refractivity (Wildman–Crippen MR) is 66.6 cm³/mol. The molecule has 1 N–H and O–H groups in total. The van der Waals surface area contributed by atoms with Gasteiger partial charge in [-0.3, -0.25) is 0 Å². The van der Waals surface area contributed by atoms with E-state index in [1.807, 2.05) is 6.07 Å². The van der Waals surface area contributed by atoms with Crippen molar-refractivity contribution in [2.45, 2.75) is 39.2 Å². The van der Waals surface area contributed by atoms with E-state index in [1.54, 1.807) is 0 Å². The molecule has 1 atom stereocenters. The molecular formula is C14H22O2. The summed E-state index contributed by atoms with van der Waals surface area (Å²) in [5, 5.41) is 9.81. The zero-order chi connectivity index (χ0) is 11.8. The van der Waals surface area contributed by atoms with Crippen LogP contribution in [0.4, 0.5) is 0 Å². The van der Waals surface area contributed by atoms with Crippen LogP contribution in [0, 0.1) is 6.92 Å². The standard InChI is InChI=1S/C14H22O2/c1-3-8-16-9-7-14(15)11-13-6-4-5-12(2)10-13/h4-6,10,14-15H,3,7-9,11H2,1-2H3. The van der Waals surface area contributed by atoms with Gasteiger partial charge in [0, 0.05) is 13.2 Å². The molecule has 0 fully saturated rings. The Morgan fingerprint density at radius 3 is 2.81 bits per heavy atom. The largest absolute Gasteiger partial charge is 0.393 e. The smallest absolute Gasteiger partial charge is 0.0602 e. The van der Waals surface area contributed by atoms with E-state index in [-0.39, 0.29) is 6.10 Å². The van der Waals surface area contributed by atoms with Crippen LogP contribution >= 0.6 is 0 Å². The molecule has 1 unspecified atom stereocenters. The van der Waals surface area contributed by atoms with Gasteiger partial charge in [0.05, 0.1) is 6.10 Å². The van der Waals surface area contributed by atoms with Gasteiger partial charge in [-0.15, -0.1) is 0 Å². The fourth-order valence-corrected chi connectivity index (χ4v) is 1.68. The fourth-order valence-electron chi connectivity index (χ4n) is 1.68. The molecule has 1 rings (SSSR count). The van der Waals surface area contributed by atoms with Gasteiger partial charge in [0.2, 0.25) is 0 Å². The van der Waals surface area contributed by atoms with Crippen LogP contribution in [0.5, 0.6) is 0 Å². The monoisotopic (exact) mass is 222 g/mol. The lowest BCUT2D eigenvalue weighted by Gasteiger charge is -2.11. The summed E-state index contributed by atoms with van der Waals surface area (Å²) in [4.78, 5) is 0. The van der Waals surface area contributed by atoms with Crippen LogP contribution in [0.1, 0.15) is 30.9 Å². The normalized spacial score (nSPS) is 12.7. The van der Waals surface area contributed by atoms with Gasteiger partial charge < -0.3 is 9.84 Å². The van der Waals surface area contributed by atoms with Crippen LogP contribution in [0.25, 0.3) is 0 Å². The highest BCUT2D eigenvalue weighted by Crippen LogP contribution is 2.08. The summed E-state index contributed by atoms with van der Waals surface area (Å²) in [6, 6.07) is 8.28. The highest BCUT2D eigenvalue weighted by atomic mass is 16.5. The van der Waals surface area contributed by atoms with E-state index < -0.39 is 0 Å². The Hall–Kier alpha value is -0.860. The number of rotatable bonds is 7. The molecule has 0 aliphatic carbocycles. The molecule has 0 aliphatic heterocycles. The van der Waals surface area contributed by atoms with E-state index in [2.05, 4.69) is 32.0 Å². The SMILES string of the molecule is CCCOCCC(O)Cc1cccc(C)c1. The molecule has 0 spiro atoms. The number of aryl methyl sites for hydroxylation is 1. The van der Waals surface area contributed by atoms with Crippen molar-refractivity contribution in [1.82, 2.24) is 0 Å². The third-order valence-corrected chi connectivity index (χ3v) is 2.50. The molecule has 0 radical (unpaired) electrons. The first-order chi connectivity index (χ1) is 7.72. The number of aliphatic hydroxyl groups excluding tert-OH is 1. The van der Waals surface area contributed by atoms with E-state index in [4.69, 9.17) is 4.74 Å². The van der Waals surface area contributed by atoms with E-state index in [1.165, 1.54) is 11.1 Å².